The molecule has 0 bridgehead atoms. The van der Waals surface area contributed by atoms with Crippen LogP contribution in [0.4, 0.5) is 0 Å². The average molecular weight is 197 g/mol. The van der Waals surface area contributed by atoms with Crippen molar-refractivity contribution in [2.75, 3.05) is 13.2 Å². The van der Waals surface area contributed by atoms with Gasteiger partial charge in [0, 0.05) is 19.6 Å². The molecule has 2 heterocycles. The molecule has 0 radical (unpaired) electrons. The third-order valence-electron chi connectivity index (χ3n) is 2.38. The number of hydrogen-bond donors (Lipinski definition) is 1. The second-order valence-electron chi connectivity index (χ2n) is 3.49. The van der Waals surface area contributed by atoms with Crippen LogP contribution in [0.1, 0.15) is 37.0 Å². The highest BCUT2D eigenvalue weighted by molar-refractivity contribution is 5.02. The number of hydrogen-bond acceptors (Lipinski definition) is 4. The van der Waals surface area contributed by atoms with Crippen LogP contribution < -0.4 is 0 Å². The SMILES string of the molecule is OCCCc1nc(C2CCCO2)co1. The van der Waals surface area contributed by atoms with Crippen molar-refractivity contribution in [2.45, 2.75) is 31.8 Å². The number of ether oxygens (including phenoxy) is 1. The molecule has 78 valence electrons. The maximum absolute atomic E-state index is 8.65. The molecular weight excluding hydrogens is 182 g/mol. The summed E-state index contributed by atoms with van der Waals surface area (Å²) in [6, 6.07) is 0. The second-order valence-corrected chi connectivity index (χ2v) is 3.49. The Morgan fingerprint density at radius 3 is 3.21 bits per heavy atom. The highest BCUT2D eigenvalue weighted by Gasteiger charge is 2.20. The first-order chi connectivity index (χ1) is 6.90. The van der Waals surface area contributed by atoms with Gasteiger partial charge >= 0.3 is 0 Å². The largest absolute Gasteiger partial charge is 0.449 e. The summed E-state index contributed by atoms with van der Waals surface area (Å²) < 4.78 is 10.8. The van der Waals surface area contributed by atoms with E-state index in [0.717, 1.165) is 25.1 Å². The van der Waals surface area contributed by atoms with Gasteiger partial charge < -0.3 is 14.3 Å². The molecule has 0 amide bonds. The van der Waals surface area contributed by atoms with Crippen molar-refractivity contribution in [3.63, 3.8) is 0 Å². The number of oxazole rings is 1. The van der Waals surface area contributed by atoms with Gasteiger partial charge in [-0.05, 0) is 19.3 Å². The smallest absolute Gasteiger partial charge is 0.194 e. The molecule has 0 saturated carbocycles. The van der Waals surface area contributed by atoms with Gasteiger partial charge in [0.2, 0.25) is 0 Å². The summed E-state index contributed by atoms with van der Waals surface area (Å²) in [5, 5.41) is 8.65. The topological polar surface area (TPSA) is 55.5 Å². The van der Waals surface area contributed by atoms with Crippen LogP contribution in [0.2, 0.25) is 0 Å². The fourth-order valence-corrected chi connectivity index (χ4v) is 1.63. The number of rotatable bonds is 4. The molecule has 2 rings (SSSR count). The first-order valence-corrected chi connectivity index (χ1v) is 5.07. The summed E-state index contributed by atoms with van der Waals surface area (Å²) in [7, 11) is 0. The van der Waals surface area contributed by atoms with Crippen molar-refractivity contribution < 1.29 is 14.3 Å². The summed E-state index contributed by atoms with van der Waals surface area (Å²) in [5.74, 6) is 0.699. The van der Waals surface area contributed by atoms with E-state index in [0.29, 0.717) is 18.7 Å². The van der Waals surface area contributed by atoms with Gasteiger partial charge in [0.05, 0.1) is 0 Å². The van der Waals surface area contributed by atoms with Crippen LogP contribution in [0, 0.1) is 0 Å². The van der Waals surface area contributed by atoms with E-state index in [1.54, 1.807) is 6.26 Å². The van der Waals surface area contributed by atoms with Gasteiger partial charge in [0.15, 0.2) is 5.89 Å². The zero-order valence-corrected chi connectivity index (χ0v) is 8.11. The van der Waals surface area contributed by atoms with Crippen LogP contribution in [-0.2, 0) is 11.2 Å². The van der Waals surface area contributed by atoms with Crippen LogP contribution in [-0.4, -0.2) is 23.3 Å². The molecule has 1 saturated heterocycles. The predicted octanol–water partition coefficient (Wildman–Crippen LogP) is 1.45. The Hall–Kier alpha value is -0.870. The lowest BCUT2D eigenvalue weighted by molar-refractivity contribution is 0.108. The highest BCUT2D eigenvalue weighted by Crippen LogP contribution is 2.27. The van der Waals surface area contributed by atoms with E-state index < -0.39 is 0 Å². The van der Waals surface area contributed by atoms with Crippen molar-refractivity contribution in [3.8, 4) is 0 Å². The van der Waals surface area contributed by atoms with Crippen molar-refractivity contribution in [3.05, 3.63) is 17.8 Å². The monoisotopic (exact) mass is 197 g/mol. The lowest BCUT2D eigenvalue weighted by Crippen LogP contribution is -1.97. The molecule has 1 N–H and O–H groups in total. The van der Waals surface area contributed by atoms with Gasteiger partial charge in [-0.1, -0.05) is 0 Å². The van der Waals surface area contributed by atoms with E-state index in [-0.39, 0.29) is 12.7 Å². The average Bonchev–Trinajstić information content (AvgIpc) is 2.85. The Morgan fingerprint density at radius 2 is 2.50 bits per heavy atom. The molecule has 0 spiro atoms. The molecule has 1 aromatic rings. The molecule has 1 unspecified atom stereocenters. The number of nitrogens with zero attached hydrogens (tertiary/aromatic N) is 1. The van der Waals surface area contributed by atoms with E-state index in [1.807, 2.05) is 0 Å². The number of aromatic nitrogens is 1. The Labute approximate surface area is 82.9 Å². The minimum atomic E-state index is 0.127. The fourth-order valence-electron chi connectivity index (χ4n) is 1.63. The van der Waals surface area contributed by atoms with Gasteiger partial charge in [-0.15, -0.1) is 0 Å². The normalized spacial score (nSPS) is 21.6. The Morgan fingerprint density at radius 1 is 1.57 bits per heavy atom. The minimum Gasteiger partial charge on any atom is -0.449 e. The summed E-state index contributed by atoms with van der Waals surface area (Å²) in [5.41, 5.74) is 0.899. The van der Waals surface area contributed by atoms with Gasteiger partial charge in [0.1, 0.15) is 18.1 Å². The first-order valence-electron chi connectivity index (χ1n) is 5.07. The Bertz CT molecular complexity index is 279. The van der Waals surface area contributed by atoms with Gasteiger partial charge in [-0.2, -0.15) is 0 Å². The van der Waals surface area contributed by atoms with E-state index in [2.05, 4.69) is 4.98 Å². The summed E-state index contributed by atoms with van der Waals surface area (Å²) in [6.07, 6.45) is 5.33. The second kappa shape index (κ2) is 4.57. The quantitative estimate of drug-likeness (QED) is 0.793. The van der Waals surface area contributed by atoms with Crippen molar-refractivity contribution in [1.29, 1.82) is 0 Å². The molecule has 1 aliphatic heterocycles. The van der Waals surface area contributed by atoms with Crippen molar-refractivity contribution in [2.24, 2.45) is 0 Å². The van der Waals surface area contributed by atoms with Crippen LogP contribution in [0.15, 0.2) is 10.7 Å². The number of aliphatic hydroxyl groups excluding tert-OH is 1. The van der Waals surface area contributed by atoms with E-state index in [1.165, 1.54) is 0 Å². The lowest BCUT2D eigenvalue weighted by atomic mass is 10.2. The highest BCUT2D eigenvalue weighted by atomic mass is 16.5. The molecule has 1 aliphatic rings. The fraction of sp³-hybridized carbons (Fsp3) is 0.700. The van der Waals surface area contributed by atoms with Crippen molar-refractivity contribution in [1.82, 2.24) is 4.98 Å². The van der Waals surface area contributed by atoms with E-state index in [4.69, 9.17) is 14.3 Å². The van der Waals surface area contributed by atoms with Crippen LogP contribution >= 0.6 is 0 Å². The first kappa shape index (κ1) is 9.68. The number of aliphatic hydroxyl groups is 1. The number of aryl methyl sites for hydroxylation is 1. The van der Waals surface area contributed by atoms with Crippen molar-refractivity contribution >= 4 is 0 Å². The molecule has 0 aliphatic carbocycles. The predicted molar refractivity (Wildman–Crippen MR) is 49.8 cm³/mol. The molecule has 4 nitrogen and oxygen atoms in total. The summed E-state index contributed by atoms with van der Waals surface area (Å²) >= 11 is 0. The van der Waals surface area contributed by atoms with Gasteiger partial charge in [-0.25, -0.2) is 4.98 Å². The maximum atomic E-state index is 8.65. The van der Waals surface area contributed by atoms with E-state index >= 15 is 0 Å². The zero-order valence-electron chi connectivity index (χ0n) is 8.11. The Balaban J connectivity index is 1.94. The third kappa shape index (κ3) is 2.13. The van der Waals surface area contributed by atoms with Crippen LogP contribution in [0.3, 0.4) is 0 Å². The summed E-state index contributed by atoms with van der Waals surface area (Å²) in [4.78, 5) is 4.33. The Kier molecular flexibility index (Phi) is 3.16. The molecule has 1 fully saturated rings. The molecular formula is C10H15NO3. The lowest BCUT2D eigenvalue weighted by Gasteiger charge is -2.02. The molecule has 1 aromatic heterocycles. The van der Waals surface area contributed by atoms with Gasteiger partial charge in [0.25, 0.3) is 0 Å². The van der Waals surface area contributed by atoms with Gasteiger partial charge in [-0.3, -0.25) is 0 Å². The van der Waals surface area contributed by atoms with Crippen LogP contribution in [0.25, 0.3) is 0 Å². The van der Waals surface area contributed by atoms with E-state index in [9.17, 15) is 0 Å². The zero-order chi connectivity index (χ0) is 9.80. The minimum absolute atomic E-state index is 0.127. The molecule has 1 atom stereocenters. The molecule has 14 heavy (non-hydrogen) atoms. The third-order valence-corrected chi connectivity index (χ3v) is 2.38. The van der Waals surface area contributed by atoms with Crippen LogP contribution in [0.5, 0.6) is 0 Å². The molecule has 0 aromatic carbocycles. The molecule has 4 heteroatoms. The summed E-state index contributed by atoms with van der Waals surface area (Å²) in [6.45, 7) is 1.00. The maximum Gasteiger partial charge on any atom is 0.194 e. The standard InChI is InChI=1S/C10H15NO3/c12-5-1-4-10-11-8(7-14-10)9-3-2-6-13-9/h7,9,12H,1-6H2.